The lowest BCUT2D eigenvalue weighted by Crippen LogP contribution is -2.32. The van der Waals surface area contributed by atoms with Crippen molar-refractivity contribution in [3.05, 3.63) is 29.5 Å². The molecule has 148 valence electrons. The smallest absolute Gasteiger partial charge is 0.428 e. The summed E-state index contributed by atoms with van der Waals surface area (Å²) < 4.78 is 33.8. The van der Waals surface area contributed by atoms with E-state index < -0.39 is 16.1 Å². The maximum atomic E-state index is 12.5. The molecule has 0 aliphatic heterocycles. The van der Waals surface area contributed by atoms with Crippen molar-refractivity contribution in [1.82, 2.24) is 10.2 Å². The van der Waals surface area contributed by atoms with E-state index in [9.17, 15) is 8.42 Å². The zero-order chi connectivity index (χ0) is 19.4. The minimum absolute atomic E-state index is 0.0884. The number of hydrogen-bond acceptors (Lipinski definition) is 5. The number of amides is 1. The van der Waals surface area contributed by atoms with Gasteiger partial charge in [0.2, 0.25) is 10.0 Å². The molecule has 1 amide bonds. The molecule has 8 nitrogen and oxygen atoms in total. The third-order valence-corrected chi connectivity index (χ3v) is 6.53. The normalized spacial score (nSPS) is 17.2. The van der Waals surface area contributed by atoms with Crippen molar-refractivity contribution < 1.29 is 27.9 Å². The summed E-state index contributed by atoms with van der Waals surface area (Å²) in [4.78, 5) is 9.32. The van der Waals surface area contributed by atoms with Gasteiger partial charge >= 0.3 is 6.09 Å². The molecule has 4 rings (SSSR count). The third-order valence-electron chi connectivity index (χ3n) is 5.01. The molecular weight excluding hydrogens is 372 g/mol. The summed E-state index contributed by atoms with van der Waals surface area (Å²) in [5, 5.41) is 15.7. The van der Waals surface area contributed by atoms with Crippen LogP contribution in [0.3, 0.4) is 0 Å². The van der Waals surface area contributed by atoms with Crippen LogP contribution in [0.2, 0.25) is 0 Å². The largest absolute Gasteiger partial charge is 0.464 e. The van der Waals surface area contributed by atoms with E-state index >= 15 is 0 Å². The molecule has 1 aromatic heterocycles. The van der Waals surface area contributed by atoms with Gasteiger partial charge < -0.3 is 9.52 Å². The van der Waals surface area contributed by atoms with Crippen LogP contribution in [0.25, 0.3) is 11.0 Å². The molecular formula is C18H24N2O6S. The standard InChI is InChI=1S/C17H21NO3S.CH3NO3/c19-22(20,18-12-5-1-2-6-12)13-9-10-15-14-7-3-4-8-16(14)21-17(15)11-13;3-1(4)2-5/h9-12,18H,1-8H2;2,5H,(H,3,4). The molecule has 0 bridgehead atoms. The Balaban J connectivity index is 0.000000376. The highest BCUT2D eigenvalue weighted by Crippen LogP contribution is 2.33. The highest BCUT2D eigenvalue weighted by atomic mass is 32.2. The number of furan rings is 1. The predicted octanol–water partition coefficient (Wildman–Crippen LogP) is 3.18. The number of hydroxylamine groups is 1. The summed E-state index contributed by atoms with van der Waals surface area (Å²) in [5.41, 5.74) is 2.93. The second kappa shape index (κ2) is 8.28. The molecule has 0 saturated heterocycles. The Morgan fingerprint density at radius 2 is 1.78 bits per heavy atom. The van der Waals surface area contributed by atoms with Gasteiger partial charge in [-0.2, -0.15) is 0 Å². The monoisotopic (exact) mass is 396 g/mol. The Morgan fingerprint density at radius 3 is 2.44 bits per heavy atom. The van der Waals surface area contributed by atoms with Gasteiger partial charge in [0.1, 0.15) is 11.3 Å². The van der Waals surface area contributed by atoms with E-state index in [1.54, 1.807) is 12.1 Å². The molecule has 9 heteroatoms. The molecule has 1 heterocycles. The highest BCUT2D eigenvalue weighted by molar-refractivity contribution is 7.89. The van der Waals surface area contributed by atoms with E-state index in [1.807, 2.05) is 6.07 Å². The second-order valence-electron chi connectivity index (χ2n) is 6.89. The van der Waals surface area contributed by atoms with Crippen molar-refractivity contribution >= 4 is 27.1 Å². The maximum Gasteiger partial charge on any atom is 0.428 e. The van der Waals surface area contributed by atoms with Gasteiger partial charge in [0.25, 0.3) is 0 Å². The van der Waals surface area contributed by atoms with E-state index in [0.29, 0.717) is 10.5 Å². The molecule has 1 saturated carbocycles. The fraction of sp³-hybridized carbons (Fsp3) is 0.500. The summed E-state index contributed by atoms with van der Waals surface area (Å²) in [6.45, 7) is 0. The lowest BCUT2D eigenvalue weighted by molar-refractivity contribution is 0.122. The van der Waals surface area contributed by atoms with Gasteiger partial charge in [-0.1, -0.05) is 12.8 Å². The molecule has 2 aromatic rings. The molecule has 1 aromatic carbocycles. The van der Waals surface area contributed by atoms with Gasteiger partial charge in [-0.25, -0.2) is 23.4 Å². The van der Waals surface area contributed by atoms with E-state index in [1.165, 1.54) is 12.0 Å². The van der Waals surface area contributed by atoms with E-state index in [4.69, 9.17) is 19.5 Å². The van der Waals surface area contributed by atoms with Gasteiger partial charge in [0.05, 0.1) is 4.90 Å². The summed E-state index contributed by atoms with van der Waals surface area (Å²) in [6.07, 6.45) is 7.00. The summed E-state index contributed by atoms with van der Waals surface area (Å²) >= 11 is 0. The number of carboxylic acid groups (broad SMARTS) is 1. The Bertz CT molecular complexity index is 915. The molecule has 27 heavy (non-hydrogen) atoms. The van der Waals surface area contributed by atoms with Crippen molar-refractivity contribution in [2.45, 2.75) is 62.3 Å². The average Bonchev–Trinajstić information content (AvgIpc) is 3.28. The number of benzene rings is 1. The van der Waals surface area contributed by atoms with Crippen molar-refractivity contribution in [3.63, 3.8) is 0 Å². The first-order valence-corrected chi connectivity index (χ1v) is 10.6. The van der Waals surface area contributed by atoms with E-state index in [-0.39, 0.29) is 6.04 Å². The average molecular weight is 396 g/mol. The fourth-order valence-electron chi connectivity index (χ4n) is 3.74. The zero-order valence-corrected chi connectivity index (χ0v) is 15.7. The maximum absolute atomic E-state index is 12.5. The number of fused-ring (bicyclic) bond motifs is 3. The predicted molar refractivity (Wildman–Crippen MR) is 98.4 cm³/mol. The minimum atomic E-state index is -3.45. The number of sulfonamides is 1. The van der Waals surface area contributed by atoms with Gasteiger partial charge in [0, 0.05) is 29.5 Å². The Hall–Kier alpha value is -2.10. The van der Waals surface area contributed by atoms with Gasteiger partial charge in [-0.15, -0.1) is 0 Å². The first-order chi connectivity index (χ1) is 12.9. The second-order valence-corrected chi connectivity index (χ2v) is 8.60. The van der Waals surface area contributed by atoms with Gasteiger partial charge in [0.15, 0.2) is 0 Å². The summed E-state index contributed by atoms with van der Waals surface area (Å²) in [5.74, 6) is 1.04. The van der Waals surface area contributed by atoms with Crippen LogP contribution < -0.4 is 10.2 Å². The van der Waals surface area contributed by atoms with Crippen LogP contribution in [0.5, 0.6) is 0 Å². The number of aryl methyl sites for hydroxylation is 2. The molecule has 2 aliphatic carbocycles. The van der Waals surface area contributed by atoms with Crippen LogP contribution >= 0.6 is 0 Å². The van der Waals surface area contributed by atoms with Gasteiger partial charge in [-0.3, -0.25) is 5.21 Å². The molecule has 0 spiro atoms. The van der Waals surface area contributed by atoms with E-state index in [0.717, 1.165) is 61.6 Å². The van der Waals surface area contributed by atoms with Crippen LogP contribution in [0.1, 0.15) is 49.8 Å². The number of nitrogens with one attached hydrogen (secondary N) is 2. The number of rotatable bonds is 3. The molecule has 0 atom stereocenters. The summed E-state index contributed by atoms with van der Waals surface area (Å²) in [6, 6.07) is 5.40. The summed E-state index contributed by atoms with van der Waals surface area (Å²) in [7, 11) is -3.45. The Morgan fingerprint density at radius 1 is 1.11 bits per heavy atom. The first kappa shape index (κ1) is 19.7. The molecule has 0 unspecified atom stereocenters. The first-order valence-electron chi connectivity index (χ1n) is 9.10. The van der Waals surface area contributed by atoms with E-state index in [2.05, 4.69) is 4.72 Å². The fourth-order valence-corrected chi connectivity index (χ4v) is 5.06. The number of carbonyl (C=O) groups is 1. The quantitative estimate of drug-likeness (QED) is 0.466. The molecule has 2 aliphatic rings. The minimum Gasteiger partial charge on any atom is -0.464 e. The Labute approximate surface area is 157 Å². The van der Waals surface area contributed by atoms with Crippen molar-refractivity contribution in [2.75, 3.05) is 0 Å². The molecule has 4 N–H and O–H groups in total. The third kappa shape index (κ3) is 4.60. The Kier molecular flexibility index (Phi) is 6.03. The van der Waals surface area contributed by atoms with Crippen molar-refractivity contribution in [3.8, 4) is 0 Å². The van der Waals surface area contributed by atoms with Crippen LogP contribution in [-0.4, -0.2) is 30.9 Å². The lowest BCUT2D eigenvalue weighted by Gasteiger charge is -2.12. The van der Waals surface area contributed by atoms with Gasteiger partial charge in [-0.05, 0) is 44.2 Å². The zero-order valence-electron chi connectivity index (χ0n) is 14.9. The van der Waals surface area contributed by atoms with Crippen LogP contribution in [0, 0.1) is 0 Å². The topological polar surface area (TPSA) is 129 Å². The number of hydrogen-bond donors (Lipinski definition) is 4. The van der Waals surface area contributed by atoms with Crippen molar-refractivity contribution in [1.29, 1.82) is 0 Å². The van der Waals surface area contributed by atoms with Crippen LogP contribution in [0.15, 0.2) is 27.5 Å². The van der Waals surface area contributed by atoms with Crippen LogP contribution in [0.4, 0.5) is 4.79 Å². The lowest BCUT2D eigenvalue weighted by atomic mass is 9.96. The van der Waals surface area contributed by atoms with Crippen LogP contribution in [-0.2, 0) is 22.9 Å². The van der Waals surface area contributed by atoms with Crippen molar-refractivity contribution in [2.24, 2.45) is 0 Å². The highest BCUT2D eigenvalue weighted by Gasteiger charge is 2.24. The molecule has 0 radical (unpaired) electrons. The molecule has 1 fully saturated rings. The SMILES string of the molecule is O=C(O)NO.O=S(=O)(NC1CCCC1)c1ccc2c3c(oc2c1)CCCC3.